The molecule has 0 fully saturated rings. The van der Waals surface area contributed by atoms with E-state index in [9.17, 15) is 4.79 Å². The summed E-state index contributed by atoms with van der Waals surface area (Å²) < 4.78 is 0. The van der Waals surface area contributed by atoms with Gasteiger partial charge in [0.25, 0.3) is 5.91 Å². The van der Waals surface area contributed by atoms with Gasteiger partial charge in [0.1, 0.15) is 16.2 Å². The topological polar surface area (TPSA) is 89.7 Å². The molecule has 126 valence electrons. The molecule has 0 saturated carbocycles. The first-order chi connectivity index (χ1) is 12.0. The zero-order valence-electron chi connectivity index (χ0n) is 13.6. The second-order valence-corrected chi connectivity index (χ2v) is 6.23. The molecule has 0 bridgehead atoms. The van der Waals surface area contributed by atoms with Gasteiger partial charge >= 0.3 is 0 Å². The molecule has 1 amide bonds. The summed E-state index contributed by atoms with van der Waals surface area (Å²) in [5.41, 5.74) is 4.28. The molecule has 0 aliphatic rings. The first-order valence-electron chi connectivity index (χ1n) is 7.64. The Morgan fingerprint density at radius 1 is 1.12 bits per heavy atom. The molecular formula is C17H15ClN6O. The highest BCUT2D eigenvalue weighted by Gasteiger charge is 2.16. The molecule has 0 atom stereocenters. The Morgan fingerprint density at radius 3 is 2.76 bits per heavy atom. The third kappa shape index (κ3) is 2.68. The number of hydrogen-bond acceptors (Lipinski definition) is 4. The van der Waals surface area contributed by atoms with E-state index in [0.717, 1.165) is 22.2 Å². The normalized spacial score (nSPS) is 11.2. The second-order valence-electron chi connectivity index (χ2n) is 5.84. The van der Waals surface area contributed by atoms with Crippen molar-refractivity contribution in [2.45, 2.75) is 0 Å². The number of nitrogens with zero attached hydrogens (tertiary/aromatic N) is 3. The van der Waals surface area contributed by atoms with E-state index < -0.39 is 0 Å². The Balaban J connectivity index is 1.76. The van der Waals surface area contributed by atoms with E-state index in [0.29, 0.717) is 22.2 Å². The van der Waals surface area contributed by atoms with Crippen molar-refractivity contribution in [1.82, 2.24) is 24.8 Å². The first-order valence-corrected chi connectivity index (χ1v) is 8.02. The SMILES string of the molecule is CN(C)C(=O)c1cccc2[nH]c(Nc3c[nH]c4ccc(Cl)nc34)nc12. The maximum atomic E-state index is 12.3. The van der Waals surface area contributed by atoms with Crippen LogP contribution in [0.25, 0.3) is 22.1 Å². The second kappa shape index (κ2) is 5.78. The number of para-hydroxylation sites is 1. The largest absolute Gasteiger partial charge is 0.358 e. The van der Waals surface area contributed by atoms with Crippen LogP contribution in [0.4, 0.5) is 11.6 Å². The van der Waals surface area contributed by atoms with Gasteiger partial charge in [-0.3, -0.25) is 4.79 Å². The summed E-state index contributed by atoms with van der Waals surface area (Å²) >= 11 is 5.98. The quantitative estimate of drug-likeness (QED) is 0.491. The van der Waals surface area contributed by atoms with E-state index in [1.54, 1.807) is 32.4 Å². The third-order valence-electron chi connectivity index (χ3n) is 3.89. The molecule has 25 heavy (non-hydrogen) atoms. The number of imidazole rings is 1. The average Bonchev–Trinajstić information content (AvgIpc) is 3.17. The van der Waals surface area contributed by atoms with Gasteiger partial charge in [-0.2, -0.15) is 0 Å². The molecule has 7 nitrogen and oxygen atoms in total. The average molecular weight is 355 g/mol. The lowest BCUT2D eigenvalue weighted by Crippen LogP contribution is -2.21. The van der Waals surface area contributed by atoms with Crippen molar-refractivity contribution in [1.29, 1.82) is 0 Å². The number of rotatable bonds is 3. The summed E-state index contributed by atoms with van der Waals surface area (Å²) in [4.78, 5) is 29.0. The predicted molar refractivity (Wildman–Crippen MR) is 98.5 cm³/mol. The summed E-state index contributed by atoms with van der Waals surface area (Å²) in [6, 6.07) is 9.06. The van der Waals surface area contributed by atoms with Crippen LogP contribution in [0.15, 0.2) is 36.5 Å². The van der Waals surface area contributed by atoms with Crippen LogP contribution in [0, 0.1) is 0 Å². The van der Waals surface area contributed by atoms with Crippen LogP contribution in [-0.4, -0.2) is 44.8 Å². The Kier molecular flexibility index (Phi) is 3.58. The molecule has 0 saturated heterocycles. The number of carbonyl (C=O) groups is 1. The van der Waals surface area contributed by atoms with Crippen molar-refractivity contribution in [2.75, 3.05) is 19.4 Å². The lowest BCUT2D eigenvalue weighted by molar-refractivity contribution is 0.0829. The molecule has 0 radical (unpaired) electrons. The molecule has 3 heterocycles. The van der Waals surface area contributed by atoms with Gasteiger partial charge in [0.15, 0.2) is 0 Å². The lowest BCUT2D eigenvalue weighted by atomic mass is 10.1. The fourth-order valence-electron chi connectivity index (χ4n) is 2.70. The standard InChI is InChI=1S/C17H15ClN6O/c1-24(2)16(25)9-4-3-5-11-14(9)23-17(20-11)21-12-8-19-10-6-7-13(18)22-15(10)12/h3-8,19H,1-2H3,(H2,20,21,23). The van der Waals surface area contributed by atoms with Crippen molar-refractivity contribution < 1.29 is 4.79 Å². The summed E-state index contributed by atoms with van der Waals surface area (Å²) in [5.74, 6) is 0.431. The number of nitrogens with one attached hydrogen (secondary N) is 3. The van der Waals surface area contributed by atoms with Crippen LogP contribution >= 0.6 is 11.6 Å². The monoisotopic (exact) mass is 354 g/mol. The Hall–Kier alpha value is -3.06. The van der Waals surface area contributed by atoms with E-state index in [1.165, 1.54) is 4.90 Å². The van der Waals surface area contributed by atoms with E-state index in [-0.39, 0.29) is 5.91 Å². The predicted octanol–water partition coefficient (Wildman–Crippen LogP) is 3.54. The van der Waals surface area contributed by atoms with Crippen molar-refractivity contribution in [3.63, 3.8) is 0 Å². The van der Waals surface area contributed by atoms with Crippen molar-refractivity contribution >= 4 is 51.2 Å². The number of hydrogen-bond donors (Lipinski definition) is 3. The summed E-state index contributed by atoms with van der Waals surface area (Å²) in [6.45, 7) is 0. The van der Waals surface area contributed by atoms with Gasteiger partial charge in [0.05, 0.1) is 22.3 Å². The van der Waals surface area contributed by atoms with Crippen molar-refractivity contribution in [2.24, 2.45) is 0 Å². The van der Waals surface area contributed by atoms with Gasteiger partial charge in [-0.05, 0) is 24.3 Å². The highest BCUT2D eigenvalue weighted by Crippen LogP contribution is 2.27. The molecule has 0 aliphatic carbocycles. The van der Waals surface area contributed by atoms with Gasteiger partial charge in [0, 0.05) is 20.3 Å². The van der Waals surface area contributed by atoms with Crippen LogP contribution in [0.2, 0.25) is 5.15 Å². The van der Waals surface area contributed by atoms with Gasteiger partial charge in [-0.25, -0.2) is 9.97 Å². The zero-order chi connectivity index (χ0) is 17.6. The molecule has 3 N–H and O–H groups in total. The number of H-pyrrole nitrogens is 2. The molecular weight excluding hydrogens is 340 g/mol. The number of halogens is 1. The van der Waals surface area contributed by atoms with Crippen LogP contribution in [0.5, 0.6) is 0 Å². The number of anilines is 2. The maximum absolute atomic E-state index is 12.3. The molecule has 3 aromatic heterocycles. The number of aromatic amines is 2. The molecule has 4 rings (SSSR count). The van der Waals surface area contributed by atoms with Gasteiger partial charge < -0.3 is 20.2 Å². The van der Waals surface area contributed by atoms with Gasteiger partial charge in [-0.1, -0.05) is 17.7 Å². The summed E-state index contributed by atoms with van der Waals surface area (Å²) in [6.07, 6.45) is 1.80. The minimum atomic E-state index is -0.0933. The minimum Gasteiger partial charge on any atom is -0.358 e. The van der Waals surface area contributed by atoms with E-state index in [2.05, 4.69) is 25.3 Å². The zero-order valence-corrected chi connectivity index (χ0v) is 14.3. The van der Waals surface area contributed by atoms with Gasteiger partial charge in [0.2, 0.25) is 5.95 Å². The maximum Gasteiger partial charge on any atom is 0.255 e. The fourth-order valence-corrected chi connectivity index (χ4v) is 2.85. The Morgan fingerprint density at radius 2 is 1.96 bits per heavy atom. The van der Waals surface area contributed by atoms with E-state index in [4.69, 9.17) is 11.6 Å². The number of amides is 1. The molecule has 0 spiro atoms. The summed E-state index contributed by atoms with van der Waals surface area (Å²) in [7, 11) is 3.43. The van der Waals surface area contributed by atoms with Crippen LogP contribution in [0.3, 0.4) is 0 Å². The molecule has 4 aromatic rings. The number of carbonyl (C=O) groups excluding carboxylic acids is 1. The first kappa shape index (κ1) is 15.5. The van der Waals surface area contributed by atoms with Crippen molar-refractivity contribution in [3.05, 3.63) is 47.2 Å². The highest BCUT2D eigenvalue weighted by molar-refractivity contribution is 6.29. The number of benzene rings is 1. The number of pyridine rings is 1. The third-order valence-corrected chi connectivity index (χ3v) is 4.10. The van der Waals surface area contributed by atoms with Crippen LogP contribution in [-0.2, 0) is 0 Å². The van der Waals surface area contributed by atoms with Crippen molar-refractivity contribution in [3.8, 4) is 0 Å². The minimum absolute atomic E-state index is 0.0933. The highest BCUT2D eigenvalue weighted by atomic mass is 35.5. The van der Waals surface area contributed by atoms with Gasteiger partial charge in [-0.15, -0.1) is 0 Å². The van der Waals surface area contributed by atoms with Crippen LogP contribution < -0.4 is 5.32 Å². The van der Waals surface area contributed by atoms with E-state index in [1.807, 2.05) is 18.2 Å². The van der Waals surface area contributed by atoms with E-state index >= 15 is 0 Å². The summed E-state index contributed by atoms with van der Waals surface area (Å²) in [5, 5.41) is 3.61. The Labute approximate surface area is 148 Å². The molecule has 0 unspecified atom stereocenters. The molecule has 0 aliphatic heterocycles. The number of aromatic nitrogens is 4. The lowest BCUT2D eigenvalue weighted by Gasteiger charge is -2.09. The molecule has 8 heteroatoms. The number of fused-ring (bicyclic) bond motifs is 2. The fraction of sp³-hybridized carbons (Fsp3) is 0.118. The van der Waals surface area contributed by atoms with Crippen LogP contribution in [0.1, 0.15) is 10.4 Å². The smallest absolute Gasteiger partial charge is 0.255 e. The molecule has 1 aromatic carbocycles. The Bertz CT molecular complexity index is 1100.